The Morgan fingerprint density at radius 3 is 2.25 bits per heavy atom. The van der Waals surface area contributed by atoms with Crippen molar-refractivity contribution in [2.24, 2.45) is 16.6 Å². The quantitative estimate of drug-likeness (QED) is 0.613. The van der Waals surface area contributed by atoms with Gasteiger partial charge in [-0.25, -0.2) is 4.99 Å². The van der Waals surface area contributed by atoms with Crippen molar-refractivity contribution in [3.63, 3.8) is 0 Å². The number of ketones is 1. The van der Waals surface area contributed by atoms with Gasteiger partial charge in [0, 0.05) is 12.8 Å². The first kappa shape index (κ1) is 23.5. The third-order valence-corrected chi connectivity index (χ3v) is 5.77. The number of Topliss-reactive ketones (excluding diaryl/α,β-unsaturated/α-hetero) is 1. The van der Waals surface area contributed by atoms with Gasteiger partial charge in [0.2, 0.25) is 0 Å². The summed E-state index contributed by atoms with van der Waals surface area (Å²) in [4.78, 5) is 31.3. The van der Waals surface area contributed by atoms with E-state index in [4.69, 9.17) is 10.5 Å². The smallest absolute Gasteiger partial charge is 0.257 e. The molecule has 1 aliphatic rings. The van der Waals surface area contributed by atoms with Crippen molar-refractivity contribution in [3.05, 3.63) is 65.2 Å². The number of nitrogens with two attached hydrogens (primary N) is 1. The molecule has 2 aromatic carbocycles. The zero-order valence-corrected chi connectivity index (χ0v) is 19.4. The Kier molecular flexibility index (Phi) is 7.33. The van der Waals surface area contributed by atoms with Gasteiger partial charge in [0.05, 0.1) is 13.7 Å². The van der Waals surface area contributed by atoms with Crippen LogP contribution >= 0.6 is 0 Å². The standard InChI is InChI=1S/C26H33N3O3/c1-18(2)16-26(3)24(31)29(25(27)28-26)17-21-7-5-20(6-8-21)15-22(30)12-9-19-10-13-23(32-4)14-11-19/h5-8,10-11,13-14,18H,9,12,15-17H2,1-4H3,(H2,27,28). The van der Waals surface area contributed by atoms with Crippen LogP contribution in [0.1, 0.15) is 50.3 Å². The van der Waals surface area contributed by atoms with Gasteiger partial charge < -0.3 is 10.5 Å². The highest BCUT2D eigenvalue weighted by atomic mass is 16.5. The number of guanidine groups is 1. The normalized spacial score (nSPS) is 18.2. The third kappa shape index (κ3) is 5.75. The van der Waals surface area contributed by atoms with Crippen molar-refractivity contribution in [1.29, 1.82) is 0 Å². The minimum atomic E-state index is -0.783. The predicted octanol–water partition coefficient (Wildman–Crippen LogP) is 3.90. The molecule has 0 fully saturated rings. The molecule has 1 heterocycles. The van der Waals surface area contributed by atoms with E-state index in [1.165, 1.54) is 0 Å². The average Bonchev–Trinajstić information content (AvgIpc) is 2.96. The number of rotatable bonds is 10. The predicted molar refractivity (Wildman–Crippen MR) is 127 cm³/mol. The SMILES string of the molecule is COc1ccc(CCC(=O)Cc2ccc(CN3C(=O)C(C)(CC(C)C)N=C3N)cc2)cc1. The van der Waals surface area contributed by atoms with E-state index < -0.39 is 5.54 Å². The summed E-state index contributed by atoms with van der Waals surface area (Å²) in [6.45, 7) is 6.38. The van der Waals surface area contributed by atoms with Gasteiger partial charge in [0.1, 0.15) is 17.1 Å². The molecule has 1 aliphatic heterocycles. The van der Waals surface area contributed by atoms with Gasteiger partial charge in [0.15, 0.2) is 5.96 Å². The second-order valence-electron chi connectivity index (χ2n) is 9.11. The van der Waals surface area contributed by atoms with Crippen LogP contribution in [0, 0.1) is 5.92 Å². The van der Waals surface area contributed by atoms with Crippen LogP contribution in [0.25, 0.3) is 0 Å². The first-order valence-electron chi connectivity index (χ1n) is 11.1. The van der Waals surface area contributed by atoms with Crippen molar-refractivity contribution in [3.8, 4) is 5.75 Å². The molecule has 0 radical (unpaired) electrons. The summed E-state index contributed by atoms with van der Waals surface area (Å²) in [5, 5.41) is 0. The second-order valence-corrected chi connectivity index (χ2v) is 9.11. The minimum Gasteiger partial charge on any atom is -0.497 e. The summed E-state index contributed by atoms with van der Waals surface area (Å²) < 4.78 is 5.16. The zero-order chi connectivity index (χ0) is 23.3. The molecule has 6 nitrogen and oxygen atoms in total. The van der Waals surface area contributed by atoms with Gasteiger partial charge in [-0.05, 0) is 54.5 Å². The molecular weight excluding hydrogens is 402 g/mol. The number of nitrogens with zero attached hydrogens (tertiary/aromatic N) is 2. The molecule has 0 saturated carbocycles. The number of carbonyl (C=O) groups excluding carboxylic acids is 2. The van der Waals surface area contributed by atoms with E-state index in [1.54, 1.807) is 12.0 Å². The van der Waals surface area contributed by atoms with Crippen LogP contribution in [0.5, 0.6) is 5.75 Å². The number of benzene rings is 2. The van der Waals surface area contributed by atoms with Crippen molar-refractivity contribution in [1.82, 2.24) is 4.90 Å². The fraction of sp³-hybridized carbons (Fsp3) is 0.423. The number of aliphatic imine (C=N–C) groups is 1. The maximum atomic E-state index is 12.9. The molecular formula is C26H33N3O3. The lowest BCUT2D eigenvalue weighted by molar-refractivity contribution is -0.131. The van der Waals surface area contributed by atoms with Gasteiger partial charge in [-0.3, -0.25) is 14.5 Å². The van der Waals surface area contributed by atoms with Crippen molar-refractivity contribution in [2.75, 3.05) is 7.11 Å². The van der Waals surface area contributed by atoms with Crippen LogP contribution in [0.4, 0.5) is 0 Å². The lowest BCUT2D eigenvalue weighted by atomic mass is 9.91. The highest BCUT2D eigenvalue weighted by molar-refractivity contribution is 6.06. The molecule has 0 aliphatic carbocycles. The number of ether oxygens (including phenoxy) is 1. The number of aryl methyl sites for hydroxylation is 1. The minimum absolute atomic E-state index is 0.0542. The fourth-order valence-electron chi connectivity index (χ4n) is 4.17. The van der Waals surface area contributed by atoms with Crippen LogP contribution in [-0.4, -0.2) is 35.2 Å². The van der Waals surface area contributed by atoms with E-state index >= 15 is 0 Å². The summed E-state index contributed by atoms with van der Waals surface area (Å²) >= 11 is 0. The fourth-order valence-corrected chi connectivity index (χ4v) is 4.17. The molecule has 170 valence electrons. The second kappa shape index (κ2) is 9.98. The van der Waals surface area contributed by atoms with Crippen LogP contribution in [-0.2, 0) is 29.0 Å². The Morgan fingerprint density at radius 1 is 1.06 bits per heavy atom. The van der Waals surface area contributed by atoms with Crippen molar-refractivity contribution in [2.45, 2.75) is 58.5 Å². The molecule has 1 atom stereocenters. The lowest BCUT2D eigenvalue weighted by Gasteiger charge is -2.23. The molecule has 0 saturated heterocycles. The van der Waals surface area contributed by atoms with Gasteiger partial charge in [-0.2, -0.15) is 0 Å². The van der Waals surface area contributed by atoms with Gasteiger partial charge in [-0.15, -0.1) is 0 Å². The maximum absolute atomic E-state index is 12.9. The number of carbonyl (C=O) groups is 2. The Hall–Kier alpha value is -3.15. The van der Waals surface area contributed by atoms with E-state index in [0.717, 1.165) is 22.4 Å². The molecule has 3 rings (SSSR count). The lowest BCUT2D eigenvalue weighted by Crippen LogP contribution is -2.43. The molecule has 2 N–H and O–H groups in total. The molecule has 0 aromatic heterocycles. The Morgan fingerprint density at radius 2 is 1.66 bits per heavy atom. The van der Waals surface area contributed by atoms with E-state index in [9.17, 15) is 9.59 Å². The molecule has 0 bridgehead atoms. The first-order chi connectivity index (χ1) is 15.2. The molecule has 6 heteroatoms. The van der Waals surface area contributed by atoms with Gasteiger partial charge in [-0.1, -0.05) is 50.2 Å². The van der Waals surface area contributed by atoms with E-state index in [0.29, 0.717) is 38.1 Å². The molecule has 1 amide bonds. The highest BCUT2D eigenvalue weighted by Gasteiger charge is 2.43. The number of hydrogen-bond acceptors (Lipinski definition) is 5. The maximum Gasteiger partial charge on any atom is 0.257 e. The topological polar surface area (TPSA) is 85.0 Å². The third-order valence-electron chi connectivity index (χ3n) is 5.77. The summed E-state index contributed by atoms with van der Waals surface area (Å²) in [7, 11) is 1.64. The summed E-state index contributed by atoms with van der Waals surface area (Å²) in [6.07, 6.45) is 2.28. The monoisotopic (exact) mass is 435 g/mol. The van der Waals surface area contributed by atoms with Crippen LogP contribution in [0.15, 0.2) is 53.5 Å². The van der Waals surface area contributed by atoms with E-state index in [1.807, 2.05) is 55.5 Å². The summed E-state index contributed by atoms with van der Waals surface area (Å²) in [5.41, 5.74) is 8.32. The number of hydrogen-bond donors (Lipinski definition) is 1. The largest absolute Gasteiger partial charge is 0.497 e. The van der Waals surface area contributed by atoms with Gasteiger partial charge in [0.25, 0.3) is 5.91 Å². The van der Waals surface area contributed by atoms with Crippen LogP contribution < -0.4 is 10.5 Å². The summed E-state index contributed by atoms with van der Waals surface area (Å²) in [6, 6.07) is 15.6. The van der Waals surface area contributed by atoms with Crippen molar-refractivity contribution < 1.29 is 14.3 Å². The first-order valence-corrected chi connectivity index (χ1v) is 11.1. The Balaban J connectivity index is 1.53. The Bertz CT molecular complexity index is 980. The van der Waals surface area contributed by atoms with E-state index in [2.05, 4.69) is 18.8 Å². The Labute approximate surface area is 190 Å². The molecule has 32 heavy (non-hydrogen) atoms. The van der Waals surface area contributed by atoms with Crippen LogP contribution in [0.2, 0.25) is 0 Å². The molecule has 2 aromatic rings. The van der Waals surface area contributed by atoms with Gasteiger partial charge >= 0.3 is 0 Å². The highest BCUT2D eigenvalue weighted by Crippen LogP contribution is 2.29. The molecule has 1 unspecified atom stereocenters. The molecule has 0 spiro atoms. The van der Waals surface area contributed by atoms with Crippen molar-refractivity contribution >= 4 is 17.6 Å². The zero-order valence-electron chi connectivity index (χ0n) is 19.4. The van der Waals surface area contributed by atoms with E-state index in [-0.39, 0.29) is 17.6 Å². The van der Waals surface area contributed by atoms with Crippen LogP contribution in [0.3, 0.4) is 0 Å². The number of methoxy groups -OCH3 is 1. The number of amides is 1. The summed E-state index contributed by atoms with van der Waals surface area (Å²) in [5.74, 6) is 1.58. The average molecular weight is 436 g/mol.